The van der Waals surface area contributed by atoms with E-state index in [4.69, 9.17) is 30.0 Å². The summed E-state index contributed by atoms with van der Waals surface area (Å²) < 4.78 is 11.6. The molecule has 0 spiro atoms. The van der Waals surface area contributed by atoms with Crippen molar-refractivity contribution in [3.05, 3.63) is 76.4 Å². The van der Waals surface area contributed by atoms with E-state index >= 15 is 0 Å². The largest absolute Gasteiger partial charge is 1.00 e. The van der Waals surface area contributed by atoms with E-state index in [9.17, 15) is 19.5 Å². The molecule has 4 aliphatic heterocycles. The number of hydrogen-bond donors (Lipinski definition) is 3. The number of hydrogen-bond acceptors (Lipinski definition) is 14. The number of carbonyl (C=O) groups is 3. The molecule has 17 heteroatoms. The number of nitrogens with zero attached hydrogens (tertiary/aromatic N) is 4. The predicted molar refractivity (Wildman–Crippen MR) is 299 cm³/mol. The fourth-order valence-electron chi connectivity index (χ4n) is 15.5. The first-order chi connectivity index (χ1) is 37.7. The van der Waals surface area contributed by atoms with Crippen molar-refractivity contribution in [3.63, 3.8) is 0 Å². The van der Waals surface area contributed by atoms with E-state index in [-0.39, 0.29) is 65.5 Å². The number of carboxylic acid groups (broad SMARTS) is 1. The van der Waals surface area contributed by atoms with Gasteiger partial charge >= 0.3 is 47.6 Å². The molecule has 10 atom stereocenters. The summed E-state index contributed by atoms with van der Waals surface area (Å²) in [5.74, 6) is 1.98. The number of benzene rings is 2. The molecule has 2 aromatic carbocycles. The summed E-state index contributed by atoms with van der Waals surface area (Å²) in [5, 5.41) is 21.7. The molecule has 11 rings (SSSR count). The van der Waals surface area contributed by atoms with E-state index in [2.05, 4.69) is 37.0 Å². The second kappa shape index (κ2) is 31.6. The van der Waals surface area contributed by atoms with Crippen LogP contribution in [0, 0.1) is 23.7 Å². The van der Waals surface area contributed by atoms with Gasteiger partial charge in [-0.05, 0) is 158 Å². The minimum atomic E-state index is -0.833. The topological polar surface area (TPSA) is 227 Å². The number of carboxylic acids is 1. The number of carbonyl (C=O) groups excluding carboxylic acids is 4. The Morgan fingerprint density at radius 3 is 1.62 bits per heavy atom. The number of rotatable bonds is 11. The van der Waals surface area contributed by atoms with Crippen LogP contribution in [0.5, 0.6) is 0 Å². The number of fused-ring (bicyclic) bond motifs is 9. The van der Waals surface area contributed by atoms with Gasteiger partial charge in [0.05, 0.1) is 42.0 Å². The van der Waals surface area contributed by atoms with Gasteiger partial charge in [-0.3, -0.25) is 24.2 Å². The number of aromatic nitrogens is 2. The van der Waals surface area contributed by atoms with Gasteiger partial charge in [0.15, 0.2) is 0 Å². The van der Waals surface area contributed by atoms with Gasteiger partial charge in [-0.1, -0.05) is 82.6 Å². The summed E-state index contributed by atoms with van der Waals surface area (Å²) in [6, 6.07) is 21.3. The van der Waals surface area contributed by atoms with E-state index in [1.54, 1.807) is 20.8 Å². The number of nitrogen functional groups attached to an aromatic ring is 1. The van der Waals surface area contributed by atoms with E-state index in [0.29, 0.717) is 43.5 Å². The minimum absolute atomic E-state index is 0. The number of ether oxygens (including phenoxy) is 2. The van der Waals surface area contributed by atoms with Crippen molar-refractivity contribution in [2.24, 2.45) is 23.7 Å². The fraction of sp³-hybridized carbons (Fsp3) is 0.677. The summed E-state index contributed by atoms with van der Waals surface area (Å²) in [4.78, 5) is 72.3. The second-order valence-electron chi connectivity index (χ2n) is 23.5. The molecule has 4 N–H and O–H groups in total. The van der Waals surface area contributed by atoms with Crippen LogP contribution >= 0.6 is 0 Å². The van der Waals surface area contributed by atoms with Crippen molar-refractivity contribution in [1.29, 1.82) is 0 Å². The van der Waals surface area contributed by atoms with Gasteiger partial charge in [-0.2, -0.15) is 9.59 Å². The fourth-order valence-corrected chi connectivity index (χ4v) is 15.5. The summed E-state index contributed by atoms with van der Waals surface area (Å²) in [6.07, 6.45) is 31.8. The first-order valence-electron chi connectivity index (χ1n) is 29.8. The van der Waals surface area contributed by atoms with Crippen LogP contribution < -0.4 is 51.3 Å². The van der Waals surface area contributed by atoms with Crippen molar-refractivity contribution >= 4 is 46.5 Å². The Morgan fingerprint density at radius 1 is 0.684 bits per heavy atom. The predicted octanol–water partition coefficient (Wildman–Crippen LogP) is 6.78. The van der Waals surface area contributed by atoms with Gasteiger partial charge in [0, 0.05) is 61.3 Å². The standard InChI is InChI=1S/C29H39N3O3.C23H35N3.C7H12O3.C2H4O2.CO2.Na/c1-2-35-28(33)18-26-29(34)32(27-12-4-3-11-25(27)30-26)24-16-21-9-6-10-22(17-24)31(21)23-14-19-7-5-8-20(13-19)15-23;24-22-9-1-2-10-23(22)25-18-14-19-7-4-8-20(15-18)26(19)21-12-16-5-3-6-17(11-16)13-21;1-3-6(8)5-7(9)10-4-2;1-2(3)4;2-1-3;/h3-4,11-12,19-24H,2,5-10,13-18H2,1H3;1-2,9-10,16-21,25H,3-8,11-15,24H2;5,8H,3-4H2,1-2H3;1H3,(H,3,4);;/q;;;;;+1/p-1/b;;6-5-;;;/t19?,20?,21-,22+,23?,24?;16?,17?,18?,19-,20+,21?;;;;. The number of nitrogens with one attached hydrogen (secondary N) is 1. The maximum Gasteiger partial charge on any atom is 1.00 e. The zero-order chi connectivity index (χ0) is 55.7. The smallest absolute Gasteiger partial charge is 0.875 e. The van der Waals surface area contributed by atoms with Gasteiger partial charge in [0.25, 0.3) is 11.5 Å². The van der Waals surface area contributed by atoms with Crippen LogP contribution in [0.4, 0.5) is 11.4 Å². The minimum Gasteiger partial charge on any atom is -0.875 e. The first-order valence-corrected chi connectivity index (χ1v) is 29.8. The van der Waals surface area contributed by atoms with Gasteiger partial charge in [-0.25, -0.2) is 9.78 Å². The molecule has 4 aliphatic carbocycles. The Kier molecular flexibility index (Phi) is 25.4. The molecule has 3 aromatic rings. The molecule has 4 saturated heterocycles. The molecule has 0 amide bonds. The maximum atomic E-state index is 13.7. The average Bonchev–Trinajstić information content (AvgIpc) is 3.41. The molecular formula is C62H89N6NaO10. The third-order valence-electron chi connectivity index (χ3n) is 18.2. The molecule has 8 bridgehead atoms. The van der Waals surface area contributed by atoms with Crippen LogP contribution in [-0.2, 0) is 39.9 Å². The summed E-state index contributed by atoms with van der Waals surface area (Å²) in [5.41, 5.74) is 10.1. The Bertz CT molecular complexity index is 2510. The van der Waals surface area contributed by atoms with Crippen molar-refractivity contribution < 1.29 is 73.2 Å². The number of nitrogens with two attached hydrogens (primary N) is 1. The molecule has 0 radical (unpaired) electrons. The van der Waals surface area contributed by atoms with Crippen molar-refractivity contribution in [1.82, 2.24) is 19.4 Å². The van der Waals surface area contributed by atoms with Crippen molar-refractivity contribution in [2.45, 2.75) is 230 Å². The molecule has 8 aliphatic rings. The zero-order valence-corrected chi connectivity index (χ0v) is 50.0. The van der Waals surface area contributed by atoms with Crippen LogP contribution in [-0.4, -0.2) is 104 Å². The third kappa shape index (κ3) is 17.7. The van der Waals surface area contributed by atoms with Gasteiger partial charge in [0.2, 0.25) is 0 Å². The molecule has 5 heterocycles. The second-order valence-corrected chi connectivity index (χ2v) is 23.5. The molecule has 4 saturated carbocycles. The van der Waals surface area contributed by atoms with Gasteiger partial charge in [-0.15, -0.1) is 5.76 Å². The molecule has 16 nitrogen and oxygen atoms in total. The summed E-state index contributed by atoms with van der Waals surface area (Å²) in [6.45, 7) is 6.88. The number of aliphatic carboxylic acids is 1. The normalized spacial score (nSPS) is 29.6. The van der Waals surface area contributed by atoms with Crippen molar-refractivity contribution in [3.8, 4) is 0 Å². The number of allylic oxidation sites excluding steroid dienone is 1. The Hall–Kier alpha value is -4.57. The molecule has 1 aromatic heterocycles. The molecule has 79 heavy (non-hydrogen) atoms. The molecular weight excluding hydrogens is 1010 g/mol. The van der Waals surface area contributed by atoms with E-state index in [1.165, 1.54) is 128 Å². The van der Waals surface area contributed by atoms with Crippen LogP contribution in [0.2, 0.25) is 0 Å². The molecule has 8 fully saturated rings. The quantitative estimate of drug-likeness (QED) is 0.0592. The summed E-state index contributed by atoms with van der Waals surface area (Å²) >= 11 is 0. The van der Waals surface area contributed by atoms with E-state index in [0.717, 1.165) is 96.1 Å². The average molecular weight is 1100 g/mol. The van der Waals surface area contributed by atoms with Crippen molar-refractivity contribution in [2.75, 3.05) is 24.3 Å². The maximum absolute atomic E-state index is 13.7. The number of piperidine rings is 4. The summed E-state index contributed by atoms with van der Waals surface area (Å²) in [7, 11) is 0. The number of anilines is 2. The number of esters is 2. The zero-order valence-electron chi connectivity index (χ0n) is 48.0. The molecule has 6 unspecified atom stereocenters. The Balaban J connectivity index is 0.000000201. The van der Waals surface area contributed by atoms with Gasteiger partial charge in [0.1, 0.15) is 5.69 Å². The van der Waals surface area contributed by atoms with Crippen LogP contribution in [0.1, 0.15) is 187 Å². The Labute approximate surface area is 490 Å². The number of para-hydroxylation sites is 4. The van der Waals surface area contributed by atoms with E-state index in [1.807, 2.05) is 41.0 Å². The molecule has 428 valence electrons. The van der Waals surface area contributed by atoms with E-state index < -0.39 is 11.9 Å². The van der Waals surface area contributed by atoms with Crippen LogP contribution in [0.15, 0.2) is 65.2 Å². The first kappa shape index (κ1) is 63.6. The van der Waals surface area contributed by atoms with Crippen LogP contribution in [0.25, 0.3) is 11.0 Å². The monoisotopic (exact) mass is 1100 g/mol. The SMILES string of the molecule is CC(=O)O.CCOC(=O)/C=C(\[O-])CC.CCOC(=O)Cc1nc2ccccc2n(C2C[C@H]3CCC[C@@H](C2)N3C2CC3CCCC(C3)C2)c1=O.Nc1ccccc1NC1C[C@H]2CCC[C@@H](C1)N2C1CC2CCCC(C2)C1.O=C=O.[Na+]. The van der Waals surface area contributed by atoms with Crippen LogP contribution in [0.3, 0.4) is 0 Å². The van der Waals surface area contributed by atoms with Gasteiger partial charge < -0.3 is 35.3 Å². The third-order valence-corrected chi connectivity index (χ3v) is 18.2. The Morgan fingerprint density at radius 2 is 1.14 bits per heavy atom.